The average Bonchev–Trinajstić information content (AvgIpc) is 3.25. The van der Waals surface area contributed by atoms with Gasteiger partial charge in [-0.3, -0.25) is 4.79 Å². The quantitative estimate of drug-likeness (QED) is 0.426. The second-order valence-corrected chi connectivity index (χ2v) is 8.07. The summed E-state index contributed by atoms with van der Waals surface area (Å²) in [6, 6.07) is 13.0. The van der Waals surface area contributed by atoms with Crippen molar-refractivity contribution in [2.24, 2.45) is 0 Å². The lowest BCUT2D eigenvalue weighted by molar-refractivity contribution is -0.137. The number of carbonyl (C=O) groups is 1. The highest BCUT2D eigenvalue weighted by atomic mass is 32.1. The number of hydrogen-bond donors (Lipinski definition) is 2. The molecule has 0 fully saturated rings. The first-order chi connectivity index (χ1) is 14.3. The highest BCUT2D eigenvalue weighted by molar-refractivity contribution is 7.16. The van der Waals surface area contributed by atoms with Gasteiger partial charge < -0.3 is 10.3 Å². The zero-order valence-corrected chi connectivity index (χ0v) is 16.8. The van der Waals surface area contributed by atoms with Gasteiger partial charge in [0.05, 0.1) is 22.7 Å². The van der Waals surface area contributed by atoms with Gasteiger partial charge in [0.25, 0.3) is 0 Å². The SMILES string of the molecule is Cc1nc(Cc2cccc(C(F)(F)F)c2)sc1NC(=O)Cc1c[nH]c2ccccc12. The molecule has 2 N–H and O–H groups in total. The molecule has 2 aromatic carbocycles. The Labute approximate surface area is 174 Å². The number of para-hydroxylation sites is 1. The molecule has 2 heterocycles. The highest BCUT2D eigenvalue weighted by Crippen LogP contribution is 2.31. The maximum atomic E-state index is 12.9. The Bertz CT molecular complexity index is 1210. The number of halogens is 3. The molecule has 0 bridgehead atoms. The number of aromatic amines is 1. The van der Waals surface area contributed by atoms with E-state index >= 15 is 0 Å². The van der Waals surface area contributed by atoms with E-state index in [1.54, 1.807) is 13.0 Å². The number of amides is 1. The van der Waals surface area contributed by atoms with Gasteiger partial charge in [-0.05, 0) is 30.2 Å². The predicted molar refractivity (Wildman–Crippen MR) is 112 cm³/mol. The van der Waals surface area contributed by atoms with Gasteiger partial charge >= 0.3 is 6.18 Å². The van der Waals surface area contributed by atoms with Gasteiger partial charge in [0.2, 0.25) is 5.91 Å². The highest BCUT2D eigenvalue weighted by Gasteiger charge is 2.30. The summed E-state index contributed by atoms with van der Waals surface area (Å²) < 4.78 is 38.7. The summed E-state index contributed by atoms with van der Waals surface area (Å²) in [7, 11) is 0. The van der Waals surface area contributed by atoms with E-state index in [0.717, 1.165) is 28.6 Å². The molecule has 0 saturated heterocycles. The molecule has 1 amide bonds. The lowest BCUT2D eigenvalue weighted by atomic mass is 10.1. The van der Waals surface area contributed by atoms with E-state index in [4.69, 9.17) is 0 Å². The second kappa shape index (κ2) is 7.95. The van der Waals surface area contributed by atoms with Crippen LogP contribution in [0.5, 0.6) is 0 Å². The lowest BCUT2D eigenvalue weighted by Crippen LogP contribution is -2.13. The van der Waals surface area contributed by atoms with E-state index in [2.05, 4.69) is 15.3 Å². The minimum Gasteiger partial charge on any atom is -0.361 e. The Hall–Kier alpha value is -3.13. The van der Waals surface area contributed by atoms with Crippen LogP contribution in [0.4, 0.5) is 18.2 Å². The van der Waals surface area contributed by atoms with Gasteiger partial charge in [-0.2, -0.15) is 13.2 Å². The maximum absolute atomic E-state index is 12.9. The third-order valence-corrected chi connectivity index (χ3v) is 5.80. The first-order valence-corrected chi connectivity index (χ1v) is 10.1. The molecule has 4 rings (SSSR count). The van der Waals surface area contributed by atoms with Crippen LogP contribution in [0, 0.1) is 6.92 Å². The van der Waals surface area contributed by atoms with Crippen molar-refractivity contribution < 1.29 is 18.0 Å². The van der Waals surface area contributed by atoms with Gasteiger partial charge in [0.1, 0.15) is 5.00 Å². The summed E-state index contributed by atoms with van der Waals surface area (Å²) in [6.07, 6.45) is -2.07. The summed E-state index contributed by atoms with van der Waals surface area (Å²) in [5, 5.41) is 5.14. The largest absolute Gasteiger partial charge is 0.416 e. The van der Waals surface area contributed by atoms with E-state index in [9.17, 15) is 18.0 Å². The number of aromatic nitrogens is 2. The Morgan fingerprint density at radius 2 is 1.97 bits per heavy atom. The van der Waals surface area contributed by atoms with Crippen LogP contribution >= 0.6 is 11.3 Å². The molecule has 154 valence electrons. The fourth-order valence-electron chi connectivity index (χ4n) is 3.30. The van der Waals surface area contributed by atoms with Crippen LogP contribution in [0.25, 0.3) is 10.9 Å². The summed E-state index contributed by atoms with van der Waals surface area (Å²) in [4.78, 5) is 20.1. The van der Waals surface area contributed by atoms with Gasteiger partial charge in [-0.15, -0.1) is 11.3 Å². The average molecular weight is 429 g/mol. The number of hydrogen-bond acceptors (Lipinski definition) is 3. The molecule has 2 aromatic heterocycles. The van der Waals surface area contributed by atoms with Crippen molar-refractivity contribution in [3.63, 3.8) is 0 Å². The third-order valence-electron chi connectivity index (χ3n) is 4.73. The van der Waals surface area contributed by atoms with Crippen LogP contribution in [-0.2, 0) is 23.8 Å². The first kappa shape index (κ1) is 20.2. The van der Waals surface area contributed by atoms with Crippen LogP contribution < -0.4 is 5.32 Å². The predicted octanol–water partition coefficient (Wildman–Crippen LogP) is 5.72. The van der Waals surface area contributed by atoms with Crippen molar-refractivity contribution in [2.75, 3.05) is 5.32 Å². The van der Waals surface area contributed by atoms with Gasteiger partial charge in [0, 0.05) is 23.5 Å². The monoisotopic (exact) mass is 429 g/mol. The first-order valence-electron chi connectivity index (χ1n) is 9.27. The van der Waals surface area contributed by atoms with Crippen LogP contribution in [0.1, 0.15) is 27.4 Å². The Morgan fingerprint density at radius 1 is 1.17 bits per heavy atom. The van der Waals surface area contributed by atoms with Gasteiger partial charge in [-0.25, -0.2) is 4.98 Å². The number of fused-ring (bicyclic) bond motifs is 1. The normalized spacial score (nSPS) is 11.7. The van der Waals surface area contributed by atoms with Crippen molar-refractivity contribution >= 4 is 33.1 Å². The summed E-state index contributed by atoms with van der Waals surface area (Å²) in [5.74, 6) is -0.169. The molecule has 0 atom stereocenters. The van der Waals surface area contributed by atoms with E-state index in [0.29, 0.717) is 21.3 Å². The number of rotatable bonds is 5. The number of benzene rings is 2. The fourth-order valence-corrected chi connectivity index (χ4v) is 4.31. The molecular formula is C22H18F3N3OS. The molecule has 0 spiro atoms. The number of nitrogens with zero attached hydrogens (tertiary/aromatic N) is 1. The fraction of sp³-hybridized carbons (Fsp3) is 0.182. The Morgan fingerprint density at radius 3 is 2.77 bits per heavy atom. The number of anilines is 1. The minimum atomic E-state index is -4.38. The molecule has 4 aromatic rings. The van der Waals surface area contributed by atoms with Gasteiger partial charge in [-0.1, -0.05) is 36.4 Å². The second-order valence-electron chi connectivity index (χ2n) is 6.98. The molecule has 0 aliphatic heterocycles. The van der Waals surface area contributed by atoms with Crippen LogP contribution in [0.3, 0.4) is 0 Å². The molecule has 0 aliphatic carbocycles. The van der Waals surface area contributed by atoms with Crippen molar-refractivity contribution in [1.82, 2.24) is 9.97 Å². The Balaban J connectivity index is 1.46. The number of aryl methyl sites for hydroxylation is 1. The zero-order valence-electron chi connectivity index (χ0n) is 16.0. The number of nitrogens with one attached hydrogen (secondary N) is 2. The molecule has 30 heavy (non-hydrogen) atoms. The third kappa shape index (κ3) is 4.38. The number of carbonyl (C=O) groups excluding carboxylic acids is 1. The maximum Gasteiger partial charge on any atom is 0.416 e. The summed E-state index contributed by atoms with van der Waals surface area (Å²) in [6.45, 7) is 1.77. The van der Waals surface area contributed by atoms with E-state index in [1.165, 1.54) is 17.4 Å². The molecular weight excluding hydrogens is 411 g/mol. The van der Waals surface area contributed by atoms with Crippen LogP contribution in [0.2, 0.25) is 0 Å². The van der Waals surface area contributed by atoms with Gasteiger partial charge in [0.15, 0.2) is 0 Å². The van der Waals surface area contributed by atoms with Crippen LogP contribution in [0.15, 0.2) is 54.7 Å². The van der Waals surface area contributed by atoms with E-state index in [-0.39, 0.29) is 18.7 Å². The summed E-state index contributed by atoms with van der Waals surface area (Å²) in [5.41, 5.74) is 2.36. The summed E-state index contributed by atoms with van der Waals surface area (Å²) >= 11 is 1.28. The molecule has 8 heteroatoms. The molecule has 0 radical (unpaired) electrons. The van der Waals surface area contributed by atoms with Crippen molar-refractivity contribution in [2.45, 2.75) is 25.9 Å². The molecule has 0 saturated carbocycles. The Kier molecular flexibility index (Phi) is 5.34. The lowest BCUT2D eigenvalue weighted by Gasteiger charge is -2.07. The van der Waals surface area contributed by atoms with Crippen molar-refractivity contribution in [3.8, 4) is 0 Å². The molecule has 0 aliphatic rings. The number of alkyl halides is 3. The standard InChI is InChI=1S/C22H18F3N3OS/c1-13-21(28-19(29)11-15-12-26-18-8-3-2-7-17(15)18)30-20(27-13)10-14-5-4-6-16(9-14)22(23,24)25/h2-9,12,26H,10-11H2,1H3,(H,28,29). The van der Waals surface area contributed by atoms with E-state index < -0.39 is 11.7 Å². The van der Waals surface area contributed by atoms with Crippen molar-refractivity contribution in [3.05, 3.63) is 82.1 Å². The smallest absolute Gasteiger partial charge is 0.361 e. The zero-order chi connectivity index (χ0) is 21.3. The number of H-pyrrole nitrogens is 1. The molecule has 4 nitrogen and oxygen atoms in total. The minimum absolute atomic E-state index is 0.169. The van der Waals surface area contributed by atoms with E-state index in [1.807, 2.05) is 30.5 Å². The topological polar surface area (TPSA) is 57.8 Å². The molecule has 0 unspecified atom stereocenters. The van der Waals surface area contributed by atoms with Crippen molar-refractivity contribution in [1.29, 1.82) is 0 Å². The number of thiazole rings is 1. The van der Waals surface area contributed by atoms with Crippen LogP contribution in [-0.4, -0.2) is 15.9 Å².